The SMILES string of the molecule is CC1NNC(=S)N1N. The van der Waals surface area contributed by atoms with Crippen molar-refractivity contribution in [2.45, 2.75) is 13.1 Å². The van der Waals surface area contributed by atoms with E-state index in [0.717, 1.165) is 0 Å². The zero-order chi connectivity index (χ0) is 6.15. The van der Waals surface area contributed by atoms with Crippen LogP contribution in [-0.4, -0.2) is 16.3 Å². The Balaban J connectivity index is 2.56. The van der Waals surface area contributed by atoms with Gasteiger partial charge < -0.3 is 0 Å². The molecule has 0 saturated carbocycles. The normalized spacial score (nSPS) is 28.5. The van der Waals surface area contributed by atoms with Crippen LogP contribution in [-0.2, 0) is 0 Å². The standard InChI is InChI=1S/C3H8N4S/c1-2-5-6-3(8)7(2)4/h2,5H,4H2,1H3,(H,6,8). The molecule has 1 unspecified atom stereocenters. The first kappa shape index (κ1) is 5.74. The van der Waals surface area contributed by atoms with E-state index in [1.54, 1.807) is 0 Å². The predicted molar refractivity (Wildman–Crippen MR) is 34.4 cm³/mol. The lowest BCUT2D eigenvalue weighted by Crippen LogP contribution is -2.39. The van der Waals surface area contributed by atoms with E-state index in [0.29, 0.717) is 5.11 Å². The minimum absolute atomic E-state index is 0.0995. The van der Waals surface area contributed by atoms with Gasteiger partial charge in [0, 0.05) is 0 Å². The van der Waals surface area contributed by atoms with Gasteiger partial charge in [-0.2, -0.15) is 0 Å². The predicted octanol–water partition coefficient (Wildman–Crippen LogP) is -1.10. The molecular weight excluding hydrogens is 124 g/mol. The van der Waals surface area contributed by atoms with E-state index in [1.807, 2.05) is 6.92 Å². The van der Waals surface area contributed by atoms with Gasteiger partial charge in [0.05, 0.1) is 0 Å². The molecule has 46 valence electrons. The Kier molecular flexibility index (Phi) is 1.33. The Bertz CT molecular complexity index is 114. The van der Waals surface area contributed by atoms with Crippen molar-refractivity contribution in [3.63, 3.8) is 0 Å². The number of hydrogen-bond acceptors (Lipinski definition) is 3. The summed E-state index contributed by atoms with van der Waals surface area (Å²) >= 11 is 4.75. The molecular formula is C3H8N4S. The van der Waals surface area contributed by atoms with Gasteiger partial charge in [-0.15, -0.1) is 0 Å². The number of nitrogens with two attached hydrogens (primary N) is 1. The van der Waals surface area contributed by atoms with Crippen molar-refractivity contribution in [3.05, 3.63) is 0 Å². The molecule has 0 radical (unpaired) electrons. The molecule has 1 aliphatic rings. The molecule has 8 heavy (non-hydrogen) atoms. The molecule has 0 aliphatic carbocycles. The third kappa shape index (κ3) is 0.750. The third-order valence-electron chi connectivity index (χ3n) is 1.04. The molecule has 0 spiro atoms. The van der Waals surface area contributed by atoms with Crippen LogP contribution in [0.5, 0.6) is 0 Å². The van der Waals surface area contributed by atoms with Crippen molar-refractivity contribution in [1.82, 2.24) is 15.9 Å². The second-order valence-electron chi connectivity index (χ2n) is 1.66. The number of thiocarbonyl (C=S) groups is 1. The Morgan fingerprint density at radius 1 is 1.88 bits per heavy atom. The largest absolute Gasteiger partial charge is 0.295 e. The summed E-state index contributed by atoms with van der Waals surface area (Å²) in [6.45, 7) is 1.91. The van der Waals surface area contributed by atoms with Gasteiger partial charge >= 0.3 is 0 Å². The lowest BCUT2D eigenvalue weighted by molar-refractivity contribution is 0.342. The van der Waals surface area contributed by atoms with Gasteiger partial charge in [-0.3, -0.25) is 10.4 Å². The third-order valence-corrected chi connectivity index (χ3v) is 1.35. The van der Waals surface area contributed by atoms with Gasteiger partial charge in [0.1, 0.15) is 6.17 Å². The molecule has 1 heterocycles. The topological polar surface area (TPSA) is 53.3 Å². The molecule has 1 rings (SSSR count). The molecule has 1 fully saturated rings. The molecule has 0 aromatic heterocycles. The van der Waals surface area contributed by atoms with E-state index >= 15 is 0 Å². The van der Waals surface area contributed by atoms with E-state index in [4.69, 9.17) is 18.1 Å². The molecule has 4 nitrogen and oxygen atoms in total. The van der Waals surface area contributed by atoms with Gasteiger partial charge in [-0.25, -0.2) is 11.3 Å². The monoisotopic (exact) mass is 132 g/mol. The molecule has 1 aliphatic heterocycles. The second kappa shape index (κ2) is 1.85. The van der Waals surface area contributed by atoms with Crippen LogP contribution in [0.15, 0.2) is 0 Å². The van der Waals surface area contributed by atoms with E-state index in [9.17, 15) is 0 Å². The molecule has 1 atom stereocenters. The summed E-state index contributed by atoms with van der Waals surface area (Å²) in [7, 11) is 0. The van der Waals surface area contributed by atoms with Crippen LogP contribution >= 0.6 is 12.2 Å². The molecule has 4 N–H and O–H groups in total. The average molecular weight is 132 g/mol. The highest BCUT2D eigenvalue weighted by atomic mass is 32.1. The molecule has 0 bridgehead atoms. The lowest BCUT2D eigenvalue weighted by Gasteiger charge is -2.11. The number of hydrogen-bond donors (Lipinski definition) is 3. The van der Waals surface area contributed by atoms with Gasteiger partial charge in [-0.1, -0.05) is 0 Å². The zero-order valence-corrected chi connectivity index (χ0v) is 5.33. The maximum Gasteiger partial charge on any atom is 0.199 e. The fourth-order valence-corrected chi connectivity index (χ4v) is 0.693. The van der Waals surface area contributed by atoms with Crippen molar-refractivity contribution in [2.75, 3.05) is 0 Å². The minimum atomic E-state index is 0.0995. The first-order valence-corrected chi connectivity index (χ1v) is 2.72. The maximum atomic E-state index is 5.39. The smallest absolute Gasteiger partial charge is 0.199 e. The van der Waals surface area contributed by atoms with Crippen molar-refractivity contribution in [2.24, 2.45) is 5.84 Å². The maximum absolute atomic E-state index is 5.39. The zero-order valence-electron chi connectivity index (χ0n) is 4.51. The van der Waals surface area contributed by atoms with Crippen molar-refractivity contribution in [1.29, 1.82) is 0 Å². The molecule has 0 aromatic carbocycles. The van der Waals surface area contributed by atoms with Gasteiger partial charge in [0.25, 0.3) is 0 Å². The van der Waals surface area contributed by atoms with E-state index in [-0.39, 0.29) is 6.17 Å². The minimum Gasteiger partial charge on any atom is -0.295 e. The second-order valence-corrected chi connectivity index (χ2v) is 2.04. The highest BCUT2D eigenvalue weighted by molar-refractivity contribution is 7.80. The molecule has 0 aromatic rings. The van der Waals surface area contributed by atoms with Crippen LogP contribution in [0.2, 0.25) is 0 Å². The Morgan fingerprint density at radius 3 is 2.62 bits per heavy atom. The fraction of sp³-hybridized carbons (Fsp3) is 0.667. The summed E-state index contributed by atoms with van der Waals surface area (Å²) in [4.78, 5) is 0. The number of nitrogens with zero attached hydrogens (tertiary/aromatic N) is 1. The number of nitrogens with one attached hydrogen (secondary N) is 2. The van der Waals surface area contributed by atoms with Crippen LogP contribution in [0.4, 0.5) is 0 Å². The summed E-state index contributed by atoms with van der Waals surface area (Å²) in [6.07, 6.45) is 0.0995. The number of hydrazine groups is 2. The quantitative estimate of drug-likeness (QED) is 0.288. The number of rotatable bonds is 0. The van der Waals surface area contributed by atoms with Crippen LogP contribution in [0, 0.1) is 0 Å². The Labute approximate surface area is 53.0 Å². The summed E-state index contributed by atoms with van der Waals surface area (Å²) in [6, 6.07) is 0. The van der Waals surface area contributed by atoms with Crippen molar-refractivity contribution < 1.29 is 0 Å². The van der Waals surface area contributed by atoms with E-state index in [1.165, 1.54) is 5.01 Å². The first-order chi connectivity index (χ1) is 3.72. The molecule has 1 saturated heterocycles. The average Bonchev–Trinajstić information content (AvgIpc) is 1.98. The van der Waals surface area contributed by atoms with Crippen LogP contribution in [0.25, 0.3) is 0 Å². The van der Waals surface area contributed by atoms with Crippen molar-refractivity contribution in [3.8, 4) is 0 Å². The summed E-state index contributed by atoms with van der Waals surface area (Å²) in [5.74, 6) is 5.39. The molecule has 5 heteroatoms. The van der Waals surface area contributed by atoms with Gasteiger partial charge in [0.2, 0.25) is 0 Å². The Morgan fingerprint density at radius 2 is 2.50 bits per heavy atom. The van der Waals surface area contributed by atoms with Crippen molar-refractivity contribution >= 4 is 17.3 Å². The summed E-state index contributed by atoms with van der Waals surface area (Å²) in [5, 5.41) is 1.99. The van der Waals surface area contributed by atoms with Gasteiger partial charge in [0.15, 0.2) is 5.11 Å². The van der Waals surface area contributed by atoms with Crippen LogP contribution in [0.1, 0.15) is 6.92 Å². The Hall–Kier alpha value is -0.390. The van der Waals surface area contributed by atoms with E-state index in [2.05, 4.69) is 10.9 Å². The van der Waals surface area contributed by atoms with Crippen LogP contribution in [0.3, 0.4) is 0 Å². The highest BCUT2D eigenvalue weighted by Gasteiger charge is 2.18. The van der Waals surface area contributed by atoms with E-state index < -0.39 is 0 Å². The first-order valence-electron chi connectivity index (χ1n) is 2.31. The van der Waals surface area contributed by atoms with Gasteiger partial charge in [-0.05, 0) is 19.1 Å². The fourth-order valence-electron chi connectivity index (χ4n) is 0.476. The highest BCUT2D eigenvalue weighted by Crippen LogP contribution is 1.92. The summed E-state index contributed by atoms with van der Waals surface area (Å²) in [5.41, 5.74) is 5.53. The summed E-state index contributed by atoms with van der Waals surface area (Å²) < 4.78 is 0. The lowest BCUT2D eigenvalue weighted by atomic mass is 10.6. The van der Waals surface area contributed by atoms with Crippen LogP contribution < -0.4 is 16.7 Å². The molecule has 0 amide bonds.